The molecule has 0 aliphatic heterocycles. The largest absolute Gasteiger partial charge is 0.380 e. The molecule has 0 fully saturated rings. The molecule has 0 aromatic heterocycles. The van der Waals surface area contributed by atoms with Gasteiger partial charge in [0.2, 0.25) is 0 Å². The van der Waals surface area contributed by atoms with Crippen molar-refractivity contribution in [3.8, 4) is 0 Å². The van der Waals surface area contributed by atoms with E-state index in [-0.39, 0.29) is 11.6 Å². The summed E-state index contributed by atoms with van der Waals surface area (Å²) in [6.07, 6.45) is 0.839. The summed E-state index contributed by atoms with van der Waals surface area (Å²) >= 11 is 0. The fraction of sp³-hybridized carbons (Fsp3) is 0.462. The minimum Gasteiger partial charge on any atom is -0.380 e. The summed E-state index contributed by atoms with van der Waals surface area (Å²) in [7, 11) is 0. The van der Waals surface area contributed by atoms with Gasteiger partial charge in [0.15, 0.2) is 0 Å². The SMILES string of the molecule is CC(C)CC(CN)Nc1cccc(F)c1C(N)=O. The maximum atomic E-state index is 13.5. The number of amides is 1. The summed E-state index contributed by atoms with van der Waals surface area (Å²) in [5.74, 6) is -0.944. The van der Waals surface area contributed by atoms with Crippen molar-refractivity contribution in [2.24, 2.45) is 17.4 Å². The molecule has 1 rings (SSSR count). The molecule has 0 bridgehead atoms. The molecule has 0 spiro atoms. The maximum absolute atomic E-state index is 13.5. The number of anilines is 1. The third kappa shape index (κ3) is 3.70. The molecule has 1 atom stereocenters. The average molecular weight is 253 g/mol. The molecular weight excluding hydrogens is 233 g/mol. The highest BCUT2D eigenvalue weighted by molar-refractivity contribution is 5.98. The van der Waals surface area contributed by atoms with Gasteiger partial charge in [-0.05, 0) is 24.5 Å². The second kappa shape index (κ2) is 6.35. The Labute approximate surface area is 107 Å². The molecule has 1 amide bonds. The number of halogens is 1. The number of nitrogens with two attached hydrogens (primary N) is 2. The number of benzene rings is 1. The number of primary amides is 1. The Balaban J connectivity index is 2.95. The van der Waals surface area contributed by atoms with Crippen LogP contribution in [0.1, 0.15) is 30.6 Å². The Morgan fingerprint density at radius 3 is 2.61 bits per heavy atom. The molecule has 5 N–H and O–H groups in total. The van der Waals surface area contributed by atoms with Gasteiger partial charge in [0.25, 0.3) is 5.91 Å². The lowest BCUT2D eigenvalue weighted by Gasteiger charge is -2.21. The zero-order chi connectivity index (χ0) is 13.7. The van der Waals surface area contributed by atoms with Crippen molar-refractivity contribution in [2.75, 3.05) is 11.9 Å². The summed E-state index contributed by atoms with van der Waals surface area (Å²) < 4.78 is 13.5. The molecule has 4 nitrogen and oxygen atoms in total. The van der Waals surface area contributed by atoms with Crippen LogP contribution in [-0.4, -0.2) is 18.5 Å². The molecule has 1 aromatic rings. The van der Waals surface area contributed by atoms with E-state index in [0.717, 1.165) is 6.42 Å². The van der Waals surface area contributed by atoms with E-state index in [1.807, 2.05) is 0 Å². The van der Waals surface area contributed by atoms with Gasteiger partial charge < -0.3 is 16.8 Å². The highest BCUT2D eigenvalue weighted by Gasteiger charge is 2.16. The maximum Gasteiger partial charge on any atom is 0.253 e. The molecular formula is C13H20FN3O. The lowest BCUT2D eigenvalue weighted by Crippen LogP contribution is -2.31. The molecule has 1 aromatic carbocycles. The summed E-state index contributed by atoms with van der Waals surface area (Å²) in [6, 6.07) is 4.37. The van der Waals surface area contributed by atoms with E-state index in [4.69, 9.17) is 11.5 Å². The topological polar surface area (TPSA) is 81.1 Å². The molecule has 0 saturated carbocycles. The van der Waals surface area contributed by atoms with Crippen molar-refractivity contribution in [1.29, 1.82) is 0 Å². The van der Waals surface area contributed by atoms with E-state index in [1.165, 1.54) is 12.1 Å². The Hall–Kier alpha value is -1.62. The van der Waals surface area contributed by atoms with Crippen LogP contribution in [0.2, 0.25) is 0 Å². The lowest BCUT2D eigenvalue weighted by molar-refractivity contribution is 0.0997. The van der Waals surface area contributed by atoms with Crippen LogP contribution in [0, 0.1) is 11.7 Å². The van der Waals surface area contributed by atoms with Gasteiger partial charge in [-0.3, -0.25) is 4.79 Å². The van der Waals surface area contributed by atoms with E-state index in [1.54, 1.807) is 6.07 Å². The molecule has 0 radical (unpaired) electrons. The van der Waals surface area contributed by atoms with E-state index in [2.05, 4.69) is 19.2 Å². The first-order chi connectivity index (χ1) is 8.45. The Kier molecular flexibility index (Phi) is 5.09. The first-order valence-corrected chi connectivity index (χ1v) is 6.00. The van der Waals surface area contributed by atoms with Crippen molar-refractivity contribution in [3.63, 3.8) is 0 Å². The summed E-state index contributed by atoms with van der Waals surface area (Å²) in [5.41, 5.74) is 11.1. The Bertz CT molecular complexity index is 421. The molecule has 1 unspecified atom stereocenters. The van der Waals surface area contributed by atoms with Crippen molar-refractivity contribution >= 4 is 11.6 Å². The van der Waals surface area contributed by atoms with Gasteiger partial charge in [-0.1, -0.05) is 19.9 Å². The van der Waals surface area contributed by atoms with E-state index >= 15 is 0 Å². The minimum atomic E-state index is -0.782. The lowest BCUT2D eigenvalue weighted by atomic mass is 10.0. The van der Waals surface area contributed by atoms with Gasteiger partial charge in [-0.25, -0.2) is 4.39 Å². The van der Waals surface area contributed by atoms with Crippen molar-refractivity contribution in [2.45, 2.75) is 26.3 Å². The van der Waals surface area contributed by atoms with Crippen LogP contribution in [0.3, 0.4) is 0 Å². The third-order valence-electron chi connectivity index (χ3n) is 2.66. The number of carbonyl (C=O) groups is 1. The highest BCUT2D eigenvalue weighted by atomic mass is 19.1. The highest BCUT2D eigenvalue weighted by Crippen LogP contribution is 2.20. The van der Waals surface area contributed by atoms with Crippen LogP contribution in [0.15, 0.2) is 18.2 Å². The van der Waals surface area contributed by atoms with Crippen molar-refractivity contribution < 1.29 is 9.18 Å². The standard InChI is InChI=1S/C13H20FN3O/c1-8(2)6-9(7-15)17-11-5-3-4-10(14)12(11)13(16)18/h3-5,8-9,17H,6-7,15H2,1-2H3,(H2,16,18). The van der Waals surface area contributed by atoms with E-state index < -0.39 is 11.7 Å². The van der Waals surface area contributed by atoms with Gasteiger partial charge in [0, 0.05) is 12.6 Å². The first-order valence-electron chi connectivity index (χ1n) is 6.00. The van der Waals surface area contributed by atoms with Crippen LogP contribution in [-0.2, 0) is 0 Å². The van der Waals surface area contributed by atoms with Crippen LogP contribution < -0.4 is 16.8 Å². The van der Waals surface area contributed by atoms with Gasteiger partial charge in [-0.15, -0.1) is 0 Å². The van der Waals surface area contributed by atoms with Gasteiger partial charge in [-0.2, -0.15) is 0 Å². The second-order valence-electron chi connectivity index (χ2n) is 4.73. The van der Waals surface area contributed by atoms with Crippen LogP contribution in [0.4, 0.5) is 10.1 Å². The Morgan fingerprint density at radius 1 is 1.44 bits per heavy atom. The summed E-state index contributed by atoms with van der Waals surface area (Å²) in [5, 5.41) is 3.08. The van der Waals surface area contributed by atoms with Gasteiger partial charge in [0.05, 0.1) is 11.3 Å². The molecule has 0 aliphatic carbocycles. The van der Waals surface area contributed by atoms with Crippen LogP contribution in [0.25, 0.3) is 0 Å². The molecule has 0 aliphatic rings. The van der Waals surface area contributed by atoms with Crippen LogP contribution in [0.5, 0.6) is 0 Å². The third-order valence-corrected chi connectivity index (χ3v) is 2.66. The predicted molar refractivity (Wildman–Crippen MR) is 70.8 cm³/mol. The van der Waals surface area contributed by atoms with Crippen molar-refractivity contribution in [3.05, 3.63) is 29.6 Å². The first kappa shape index (κ1) is 14.4. The number of nitrogens with one attached hydrogen (secondary N) is 1. The average Bonchev–Trinajstić information content (AvgIpc) is 2.27. The van der Waals surface area contributed by atoms with Gasteiger partial charge >= 0.3 is 0 Å². The van der Waals surface area contributed by atoms with Gasteiger partial charge in [0.1, 0.15) is 5.82 Å². The molecule has 0 heterocycles. The zero-order valence-electron chi connectivity index (χ0n) is 10.7. The zero-order valence-corrected chi connectivity index (χ0v) is 10.7. The fourth-order valence-electron chi connectivity index (χ4n) is 1.90. The van der Waals surface area contributed by atoms with E-state index in [9.17, 15) is 9.18 Å². The Morgan fingerprint density at radius 2 is 2.11 bits per heavy atom. The normalized spacial score (nSPS) is 12.5. The summed E-state index contributed by atoms with van der Waals surface area (Å²) in [4.78, 5) is 11.2. The number of hydrogen-bond donors (Lipinski definition) is 3. The monoisotopic (exact) mass is 253 g/mol. The quantitative estimate of drug-likeness (QED) is 0.722. The van der Waals surface area contributed by atoms with Crippen LogP contribution >= 0.6 is 0 Å². The number of hydrogen-bond acceptors (Lipinski definition) is 3. The smallest absolute Gasteiger partial charge is 0.253 e. The van der Waals surface area contributed by atoms with Crippen molar-refractivity contribution in [1.82, 2.24) is 0 Å². The number of carbonyl (C=O) groups excluding carboxylic acids is 1. The molecule has 5 heteroatoms. The fourth-order valence-corrected chi connectivity index (χ4v) is 1.90. The molecule has 0 saturated heterocycles. The second-order valence-corrected chi connectivity index (χ2v) is 4.73. The predicted octanol–water partition coefficient (Wildman–Crippen LogP) is 1.71. The molecule has 18 heavy (non-hydrogen) atoms. The summed E-state index contributed by atoms with van der Waals surface area (Å²) in [6.45, 7) is 4.56. The molecule has 100 valence electrons. The minimum absolute atomic E-state index is 0.00935. The van der Waals surface area contributed by atoms with E-state index in [0.29, 0.717) is 18.2 Å². The number of rotatable bonds is 6.